The summed E-state index contributed by atoms with van der Waals surface area (Å²) >= 11 is 0. The SMILES string of the molecule is CONC(=O)Cc1ccc2c(c1)CCCC2. The molecule has 0 atom stereocenters. The number of carbonyl (C=O) groups is 1. The van der Waals surface area contributed by atoms with Gasteiger partial charge in [0.1, 0.15) is 0 Å². The zero-order chi connectivity index (χ0) is 11.4. The van der Waals surface area contributed by atoms with Crippen molar-refractivity contribution >= 4 is 5.91 Å². The second kappa shape index (κ2) is 5.12. The lowest BCUT2D eigenvalue weighted by Gasteiger charge is -2.16. The molecule has 1 aromatic rings. The predicted octanol–water partition coefficient (Wildman–Crippen LogP) is 1.79. The summed E-state index contributed by atoms with van der Waals surface area (Å²) in [7, 11) is 1.45. The molecule has 0 heterocycles. The van der Waals surface area contributed by atoms with E-state index in [4.69, 9.17) is 0 Å². The van der Waals surface area contributed by atoms with E-state index in [1.54, 1.807) is 0 Å². The molecule has 3 heteroatoms. The lowest BCUT2D eigenvalue weighted by atomic mass is 9.90. The maximum absolute atomic E-state index is 11.3. The van der Waals surface area contributed by atoms with Crippen LogP contribution in [-0.2, 0) is 28.9 Å². The van der Waals surface area contributed by atoms with Gasteiger partial charge in [0.05, 0.1) is 13.5 Å². The fourth-order valence-electron chi connectivity index (χ4n) is 2.23. The van der Waals surface area contributed by atoms with Crippen LogP contribution in [0.4, 0.5) is 0 Å². The van der Waals surface area contributed by atoms with Gasteiger partial charge in [0.2, 0.25) is 5.91 Å². The Balaban J connectivity index is 2.08. The third kappa shape index (κ3) is 2.61. The summed E-state index contributed by atoms with van der Waals surface area (Å²) < 4.78 is 0. The highest BCUT2D eigenvalue weighted by atomic mass is 16.6. The molecule has 0 saturated carbocycles. The first-order valence-corrected chi connectivity index (χ1v) is 5.72. The molecule has 0 bridgehead atoms. The predicted molar refractivity (Wildman–Crippen MR) is 61.9 cm³/mol. The average molecular weight is 219 g/mol. The molecule has 86 valence electrons. The van der Waals surface area contributed by atoms with Crippen LogP contribution in [0.5, 0.6) is 0 Å². The van der Waals surface area contributed by atoms with Crippen LogP contribution in [0.1, 0.15) is 29.5 Å². The zero-order valence-electron chi connectivity index (χ0n) is 9.58. The quantitative estimate of drug-likeness (QED) is 0.787. The highest BCUT2D eigenvalue weighted by Crippen LogP contribution is 2.22. The van der Waals surface area contributed by atoms with E-state index < -0.39 is 0 Å². The molecule has 2 rings (SSSR count). The minimum absolute atomic E-state index is 0.0988. The molecule has 1 N–H and O–H groups in total. The number of nitrogens with one attached hydrogen (secondary N) is 1. The van der Waals surface area contributed by atoms with Gasteiger partial charge in [0.25, 0.3) is 0 Å². The van der Waals surface area contributed by atoms with Crippen LogP contribution in [0.15, 0.2) is 18.2 Å². The molecule has 0 saturated heterocycles. The highest BCUT2D eigenvalue weighted by molar-refractivity contribution is 5.77. The number of rotatable bonds is 3. The van der Waals surface area contributed by atoms with Gasteiger partial charge in [-0.3, -0.25) is 9.63 Å². The van der Waals surface area contributed by atoms with E-state index in [2.05, 4.69) is 22.5 Å². The molecule has 0 aliphatic heterocycles. The molecule has 1 aliphatic rings. The molecular weight excluding hydrogens is 202 g/mol. The van der Waals surface area contributed by atoms with E-state index in [9.17, 15) is 4.79 Å². The number of hydrogen-bond acceptors (Lipinski definition) is 2. The Hall–Kier alpha value is -1.35. The van der Waals surface area contributed by atoms with Gasteiger partial charge in [0.15, 0.2) is 0 Å². The van der Waals surface area contributed by atoms with E-state index in [0.717, 1.165) is 12.0 Å². The molecule has 3 nitrogen and oxygen atoms in total. The number of hydroxylamine groups is 1. The summed E-state index contributed by atoms with van der Waals surface area (Å²) in [6.45, 7) is 0. The summed E-state index contributed by atoms with van der Waals surface area (Å²) in [6, 6.07) is 6.35. The molecule has 0 fully saturated rings. The third-order valence-corrected chi connectivity index (χ3v) is 2.99. The topological polar surface area (TPSA) is 38.3 Å². The van der Waals surface area contributed by atoms with Crippen molar-refractivity contribution in [2.75, 3.05) is 7.11 Å². The minimum atomic E-state index is -0.0988. The van der Waals surface area contributed by atoms with Crippen LogP contribution >= 0.6 is 0 Å². The number of amides is 1. The zero-order valence-corrected chi connectivity index (χ0v) is 9.58. The van der Waals surface area contributed by atoms with Crippen molar-refractivity contribution in [3.63, 3.8) is 0 Å². The molecule has 0 unspecified atom stereocenters. The molecule has 1 amide bonds. The van der Waals surface area contributed by atoms with E-state index in [1.165, 1.54) is 37.5 Å². The molecule has 1 aliphatic carbocycles. The lowest BCUT2D eigenvalue weighted by Crippen LogP contribution is -2.23. The number of hydrogen-bond donors (Lipinski definition) is 1. The Morgan fingerprint density at radius 3 is 2.81 bits per heavy atom. The van der Waals surface area contributed by atoms with Crippen molar-refractivity contribution in [3.8, 4) is 0 Å². The monoisotopic (exact) mass is 219 g/mol. The molecule has 0 spiro atoms. The van der Waals surface area contributed by atoms with Gasteiger partial charge in [-0.15, -0.1) is 0 Å². The molecule has 1 aromatic carbocycles. The number of aryl methyl sites for hydroxylation is 2. The van der Waals surface area contributed by atoms with Gasteiger partial charge in [-0.1, -0.05) is 18.2 Å². The van der Waals surface area contributed by atoms with E-state index >= 15 is 0 Å². The Bertz CT molecular complexity index is 388. The van der Waals surface area contributed by atoms with Crippen molar-refractivity contribution in [2.45, 2.75) is 32.1 Å². The van der Waals surface area contributed by atoms with Gasteiger partial charge < -0.3 is 0 Å². The first-order chi connectivity index (χ1) is 7.79. The first kappa shape index (κ1) is 11.1. The number of carbonyl (C=O) groups excluding carboxylic acids is 1. The van der Waals surface area contributed by atoms with E-state index in [1.807, 2.05) is 6.07 Å². The summed E-state index contributed by atoms with van der Waals surface area (Å²) in [5.74, 6) is -0.0988. The molecule has 0 aromatic heterocycles. The molecule has 16 heavy (non-hydrogen) atoms. The van der Waals surface area contributed by atoms with Crippen LogP contribution in [0.2, 0.25) is 0 Å². The van der Waals surface area contributed by atoms with Crippen LogP contribution in [0.3, 0.4) is 0 Å². The van der Waals surface area contributed by atoms with Gasteiger partial charge in [0, 0.05) is 0 Å². The van der Waals surface area contributed by atoms with Crippen LogP contribution < -0.4 is 5.48 Å². The normalized spacial score (nSPS) is 14.3. The van der Waals surface area contributed by atoms with Crippen molar-refractivity contribution in [3.05, 3.63) is 34.9 Å². The highest BCUT2D eigenvalue weighted by Gasteiger charge is 2.10. The Morgan fingerprint density at radius 2 is 2.06 bits per heavy atom. The van der Waals surface area contributed by atoms with Gasteiger partial charge >= 0.3 is 0 Å². The molecular formula is C13H17NO2. The van der Waals surface area contributed by atoms with Crippen molar-refractivity contribution in [2.24, 2.45) is 0 Å². The third-order valence-electron chi connectivity index (χ3n) is 2.99. The lowest BCUT2D eigenvalue weighted by molar-refractivity contribution is -0.130. The standard InChI is InChI=1S/C13H17NO2/c1-16-14-13(15)9-10-6-7-11-4-2-3-5-12(11)8-10/h6-8H,2-5,9H2,1H3,(H,14,15). The van der Waals surface area contributed by atoms with Crippen LogP contribution in [0, 0.1) is 0 Å². The maximum atomic E-state index is 11.3. The average Bonchev–Trinajstić information content (AvgIpc) is 2.29. The first-order valence-electron chi connectivity index (χ1n) is 5.72. The van der Waals surface area contributed by atoms with Crippen molar-refractivity contribution < 1.29 is 9.63 Å². The summed E-state index contributed by atoms with van der Waals surface area (Å²) in [6.07, 6.45) is 5.27. The van der Waals surface area contributed by atoms with E-state index in [0.29, 0.717) is 6.42 Å². The minimum Gasteiger partial charge on any atom is -0.277 e. The second-order valence-corrected chi connectivity index (χ2v) is 4.22. The van der Waals surface area contributed by atoms with Gasteiger partial charge in [-0.25, -0.2) is 5.48 Å². The summed E-state index contributed by atoms with van der Waals surface area (Å²) in [5, 5.41) is 0. The smallest absolute Gasteiger partial charge is 0.247 e. The largest absolute Gasteiger partial charge is 0.277 e. The summed E-state index contributed by atoms with van der Waals surface area (Å²) in [5.41, 5.74) is 6.26. The molecule has 0 radical (unpaired) electrons. The Kier molecular flexibility index (Phi) is 3.57. The van der Waals surface area contributed by atoms with Gasteiger partial charge in [-0.2, -0.15) is 0 Å². The summed E-state index contributed by atoms with van der Waals surface area (Å²) in [4.78, 5) is 15.9. The van der Waals surface area contributed by atoms with E-state index in [-0.39, 0.29) is 5.91 Å². The Morgan fingerprint density at radius 1 is 1.31 bits per heavy atom. The van der Waals surface area contributed by atoms with Crippen molar-refractivity contribution in [1.29, 1.82) is 0 Å². The van der Waals surface area contributed by atoms with Crippen LogP contribution in [-0.4, -0.2) is 13.0 Å². The Labute approximate surface area is 95.8 Å². The van der Waals surface area contributed by atoms with Crippen molar-refractivity contribution in [1.82, 2.24) is 5.48 Å². The number of fused-ring (bicyclic) bond motifs is 1. The fourth-order valence-corrected chi connectivity index (χ4v) is 2.23. The number of benzene rings is 1. The second-order valence-electron chi connectivity index (χ2n) is 4.22. The maximum Gasteiger partial charge on any atom is 0.247 e. The fraction of sp³-hybridized carbons (Fsp3) is 0.462. The van der Waals surface area contributed by atoms with Gasteiger partial charge in [-0.05, 0) is 42.4 Å². The van der Waals surface area contributed by atoms with Crippen LogP contribution in [0.25, 0.3) is 0 Å².